The van der Waals surface area contributed by atoms with Crippen LogP contribution in [0.5, 0.6) is 0 Å². The van der Waals surface area contributed by atoms with Gasteiger partial charge in [0.2, 0.25) is 0 Å². The molecule has 0 atom stereocenters. The number of hydrogen-bond acceptors (Lipinski definition) is 2. The highest BCUT2D eigenvalue weighted by Gasteiger charge is 2.38. The molecule has 2 aliphatic carbocycles. The second-order valence-electron chi connectivity index (χ2n) is 18.5. The van der Waals surface area contributed by atoms with E-state index in [1.165, 1.54) is 71.4 Å². The van der Waals surface area contributed by atoms with E-state index < -0.39 is 0 Å². The Morgan fingerprint density at radius 3 is 1.53 bits per heavy atom. The van der Waals surface area contributed by atoms with E-state index in [0.29, 0.717) is 0 Å². The normalized spacial score (nSPS) is 14.4. The smallest absolute Gasteiger partial charge is 0.143 e. The maximum Gasteiger partial charge on any atom is 0.143 e. The fraction of sp³-hybridized carbons (Fsp3) is 0.100. The minimum atomic E-state index is -0.172. The van der Waals surface area contributed by atoms with Crippen LogP contribution in [0.3, 0.4) is 0 Å². The summed E-state index contributed by atoms with van der Waals surface area (Å²) in [4.78, 5) is 2.53. The van der Waals surface area contributed by atoms with Crippen molar-refractivity contribution in [3.8, 4) is 33.4 Å². The number of hydrogen-bond donors (Lipinski definition) is 0. The van der Waals surface area contributed by atoms with Gasteiger partial charge in [-0.2, -0.15) is 0 Å². The molecule has 0 N–H and O–H groups in total. The quantitative estimate of drug-likeness (QED) is 0.165. The molecule has 0 aliphatic heterocycles. The molecule has 10 aromatic carbocycles. The third kappa shape index (κ3) is 4.81. The summed E-state index contributed by atoms with van der Waals surface area (Å²) in [5.41, 5.74) is 17.7. The monoisotopic (exact) mass is 793 g/mol. The fourth-order valence-corrected chi connectivity index (χ4v) is 11.3. The summed E-state index contributed by atoms with van der Waals surface area (Å²) in [5.74, 6) is 0. The maximum atomic E-state index is 7.26. The largest absolute Gasteiger partial charge is 0.455 e. The molecule has 13 rings (SSSR count). The van der Waals surface area contributed by atoms with Crippen molar-refractivity contribution in [3.63, 3.8) is 0 Å². The number of nitrogens with zero attached hydrogens (tertiary/aromatic N) is 1. The first-order valence-corrected chi connectivity index (χ1v) is 21.8. The Morgan fingerprint density at radius 2 is 0.887 bits per heavy atom. The average Bonchev–Trinajstić information content (AvgIpc) is 3.89. The summed E-state index contributed by atoms with van der Waals surface area (Å²) < 4.78 is 7.26. The topological polar surface area (TPSA) is 16.4 Å². The van der Waals surface area contributed by atoms with Crippen LogP contribution >= 0.6 is 0 Å². The van der Waals surface area contributed by atoms with Crippen LogP contribution < -0.4 is 4.90 Å². The Morgan fingerprint density at radius 1 is 0.371 bits per heavy atom. The molecule has 1 aromatic heterocycles. The lowest BCUT2D eigenvalue weighted by Gasteiger charge is -2.30. The van der Waals surface area contributed by atoms with Gasteiger partial charge < -0.3 is 9.32 Å². The van der Waals surface area contributed by atoms with Crippen molar-refractivity contribution >= 4 is 71.3 Å². The van der Waals surface area contributed by atoms with E-state index in [-0.39, 0.29) is 10.8 Å². The minimum Gasteiger partial charge on any atom is -0.455 e. The van der Waals surface area contributed by atoms with Crippen LogP contribution in [0.1, 0.15) is 49.9 Å². The Bertz CT molecular complexity index is 3600. The molecule has 0 saturated heterocycles. The van der Waals surface area contributed by atoms with Gasteiger partial charge in [0, 0.05) is 33.0 Å². The SMILES string of the molecule is CC1(C)c2ccccc2-c2ccc(N(c3ccc4c(c3)C(C)(C)c3ccccc3-4)c3cc(-c4ccc5ccccc5c4)cc4oc5c6ccccc6c6ccccc6c5c34)cc21. The molecule has 0 radical (unpaired) electrons. The van der Waals surface area contributed by atoms with Gasteiger partial charge in [-0.1, -0.05) is 173 Å². The summed E-state index contributed by atoms with van der Waals surface area (Å²) in [7, 11) is 0. The molecular weight excluding hydrogens is 751 g/mol. The third-order valence-electron chi connectivity index (χ3n) is 14.4. The summed E-state index contributed by atoms with van der Waals surface area (Å²) in [6.07, 6.45) is 0. The van der Waals surface area contributed by atoms with E-state index >= 15 is 0 Å². The van der Waals surface area contributed by atoms with Crippen LogP contribution in [0.2, 0.25) is 0 Å². The predicted octanol–water partition coefficient (Wildman–Crippen LogP) is 16.8. The van der Waals surface area contributed by atoms with Crippen LogP contribution in [0.15, 0.2) is 192 Å². The molecule has 0 bridgehead atoms. The van der Waals surface area contributed by atoms with Crippen LogP contribution in [0.4, 0.5) is 17.1 Å². The van der Waals surface area contributed by atoms with Gasteiger partial charge in [-0.3, -0.25) is 0 Å². The first-order valence-electron chi connectivity index (χ1n) is 21.8. The standard InChI is InChI=1S/C60H43NO/c1-59(2)50-23-13-11-19-44(50)46-29-27-40(34-52(46)59)61(41-28-30-47-45-20-12-14-24-51(45)60(3,4)53(47)35-41)54-32-39(38-26-25-36-15-5-6-16-37(36)31-38)33-55-57(54)56-48-21-9-7-17-42(48)43-18-8-10-22-49(43)58(56)62-55/h5-35H,1-4H3. The molecule has 2 heteroatoms. The highest BCUT2D eigenvalue weighted by Crippen LogP contribution is 2.55. The molecular formula is C60H43NO. The summed E-state index contributed by atoms with van der Waals surface area (Å²) >= 11 is 0. The zero-order valence-electron chi connectivity index (χ0n) is 35.3. The van der Waals surface area contributed by atoms with E-state index in [9.17, 15) is 0 Å². The van der Waals surface area contributed by atoms with Crippen molar-refractivity contribution in [2.45, 2.75) is 38.5 Å². The molecule has 1 heterocycles. The Labute approximate surface area is 361 Å². The number of rotatable bonds is 4. The lowest BCUT2D eigenvalue weighted by Crippen LogP contribution is -2.18. The van der Waals surface area contributed by atoms with E-state index in [2.05, 4.69) is 221 Å². The first kappa shape index (κ1) is 35.3. The maximum absolute atomic E-state index is 7.26. The Kier molecular flexibility index (Phi) is 7.16. The van der Waals surface area contributed by atoms with Gasteiger partial charge in [0.1, 0.15) is 11.2 Å². The lowest BCUT2D eigenvalue weighted by molar-refractivity contribution is 0.660. The number of fused-ring (bicyclic) bond motifs is 15. The minimum absolute atomic E-state index is 0.172. The number of furan rings is 1. The van der Waals surface area contributed by atoms with Gasteiger partial charge in [0.05, 0.1) is 11.1 Å². The van der Waals surface area contributed by atoms with Gasteiger partial charge in [0.25, 0.3) is 0 Å². The van der Waals surface area contributed by atoms with Gasteiger partial charge in [-0.05, 0) is 125 Å². The molecule has 0 spiro atoms. The first-order chi connectivity index (χ1) is 30.3. The molecule has 0 amide bonds. The summed E-state index contributed by atoms with van der Waals surface area (Å²) in [6.45, 7) is 9.50. The van der Waals surface area contributed by atoms with Gasteiger partial charge in [-0.15, -0.1) is 0 Å². The highest BCUT2D eigenvalue weighted by atomic mass is 16.3. The molecule has 62 heavy (non-hydrogen) atoms. The summed E-state index contributed by atoms with van der Waals surface area (Å²) in [5, 5.41) is 9.43. The second-order valence-corrected chi connectivity index (χ2v) is 18.5. The van der Waals surface area contributed by atoms with Gasteiger partial charge in [0.15, 0.2) is 0 Å². The molecule has 2 aliphatic rings. The van der Waals surface area contributed by atoms with Crippen molar-refractivity contribution in [2.75, 3.05) is 4.90 Å². The van der Waals surface area contributed by atoms with Gasteiger partial charge in [-0.25, -0.2) is 0 Å². The van der Waals surface area contributed by atoms with Crippen LogP contribution in [0, 0.1) is 0 Å². The van der Waals surface area contributed by atoms with Crippen LogP contribution in [-0.4, -0.2) is 0 Å². The highest BCUT2D eigenvalue weighted by molar-refractivity contribution is 6.32. The zero-order valence-corrected chi connectivity index (χ0v) is 35.3. The summed E-state index contributed by atoms with van der Waals surface area (Å²) in [6, 6.07) is 69.9. The van der Waals surface area contributed by atoms with E-state index in [4.69, 9.17) is 4.42 Å². The van der Waals surface area contributed by atoms with E-state index in [1.54, 1.807) is 0 Å². The lowest BCUT2D eigenvalue weighted by atomic mass is 9.82. The molecule has 0 saturated carbocycles. The zero-order chi connectivity index (χ0) is 41.5. The fourth-order valence-electron chi connectivity index (χ4n) is 11.3. The van der Waals surface area contributed by atoms with Crippen molar-refractivity contribution in [1.29, 1.82) is 0 Å². The predicted molar refractivity (Wildman–Crippen MR) is 261 cm³/mol. The van der Waals surface area contributed by atoms with Crippen LogP contribution in [-0.2, 0) is 10.8 Å². The van der Waals surface area contributed by atoms with Crippen molar-refractivity contribution in [2.24, 2.45) is 0 Å². The van der Waals surface area contributed by atoms with E-state index in [0.717, 1.165) is 55.5 Å². The third-order valence-corrected chi connectivity index (χ3v) is 14.4. The van der Waals surface area contributed by atoms with Crippen molar-refractivity contribution < 1.29 is 4.42 Å². The Hall–Kier alpha value is -7.42. The molecule has 11 aromatic rings. The van der Waals surface area contributed by atoms with Crippen molar-refractivity contribution in [3.05, 3.63) is 210 Å². The second kappa shape index (κ2) is 12.6. The van der Waals surface area contributed by atoms with E-state index in [1.807, 2.05) is 0 Å². The molecule has 294 valence electrons. The number of benzene rings is 10. The molecule has 0 fully saturated rings. The molecule has 2 nitrogen and oxygen atoms in total. The Balaban J connectivity index is 1.17. The van der Waals surface area contributed by atoms with Gasteiger partial charge >= 0.3 is 0 Å². The van der Waals surface area contributed by atoms with Crippen molar-refractivity contribution in [1.82, 2.24) is 0 Å². The van der Waals surface area contributed by atoms with Crippen LogP contribution in [0.25, 0.3) is 87.6 Å². The average molecular weight is 794 g/mol. The molecule has 0 unspecified atom stereocenters. The number of anilines is 3.